The zero-order valence-electron chi connectivity index (χ0n) is 13.1. The lowest BCUT2D eigenvalue weighted by Gasteiger charge is -2.33. The number of rotatable bonds is 3. The summed E-state index contributed by atoms with van der Waals surface area (Å²) in [5.41, 5.74) is -0.165. The van der Waals surface area contributed by atoms with Crippen molar-refractivity contribution in [1.29, 1.82) is 0 Å². The number of amides is 1. The highest BCUT2D eigenvalue weighted by molar-refractivity contribution is 7.09. The van der Waals surface area contributed by atoms with Crippen molar-refractivity contribution in [3.8, 4) is 0 Å². The molecule has 5 nitrogen and oxygen atoms in total. The van der Waals surface area contributed by atoms with Crippen LogP contribution in [0.1, 0.15) is 58.2 Å². The maximum atomic E-state index is 12.3. The Bertz CT molecular complexity index is 518. The lowest BCUT2D eigenvalue weighted by molar-refractivity contribution is -0.126. The minimum atomic E-state index is -0.165. The van der Waals surface area contributed by atoms with Crippen LogP contribution < -0.4 is 10.2 Å². The molecule has 2 fully saturated rings. The van der Waals surface area contributed by atoms with Gasteiger partial charge in [0.25, 0.3) is 0 Å². The third kappa shape index (κ3) is 3.73. The number of piperidine rings is 1. The summed E-state index contributed by atoms with van der Waals surface area (Å²) in [5, 5.41) is 4.09. The zero-order chi connectivity index (χ0) is 15.0. The molecule has 0 radical (unpaired) electrons. The van der Waals surface area contributed by atoms with E-state index in [1.54, 1.807) is 0 Å². The van der Waals surface area contributed by atoms with Gasteiger partial charge in [-0.2, -0.15) is 4.37 Å². The van der Waals surface area contributed by atoms with E-state index in [0.717, 1.165) is 36.9 Å². The average Bonchev–Trinajstić information content (AvgIpc) is 3.15. The molecule has 0 bridgehead atoms. The molecule has 1 saturated carbocycles. The molecule has 1 aliphatic carbocycles. The van der Waals surface area contributed by atoms with Gasteiger partial charge in [0.1, 0.15) is 5.82 Å². The van der Waals surface area contributed by atoms with Gasteiger partial charge in [0.15, 0.2) is 0 Å². The van der Waals surface area contributed by atoms with E-state index in [-0.39, 0.29) is 17.4 Å². The minimum Gasteiger partial charge on any atom is -0.351 e. The summed E-state index contributed by atoms with van der Waals surface area (Å²) in [6, 6.07) is 0. The lowest BCUT2D eigenvalue weighted by atomic mass is 9.96. The second-order valence-corrected chi connectivity index (χ2v) is 7.96. The smallest absolute Gasteiger partial charge is 0.225 e. The Morgan fingerprint density at radius 2 is 2.10 bits per heavy atom. The molecular formula is C15H24N4OS. The molecule has 0 aromatic carbocycles. The molecule has 21 heavy (non-hydrogen) atoms. The van der Waals surface area contributed by atoms with Crippen LogP contribution in [-0.4, -0.2) is 33.9 Å². The van der Waals surface area contributed by atoms with Gasteiger partial charge in [-0.3, -0.25) is 4.79 Å². The average molecular weight is 308 g/mol. The van der Waals surface area contributed by atoms with Crippen LogP contribution in [0.15, 0.2) is 0 Å². The van der Waals surface area contributed by atoms with Crippen molar-refractivity contribution in [2.24, 2.45) is 5.92 Å². The molecular weight excluding hydrogens is 284 g/mol. The number of hydrogen-bond donors (Lipinski definition) is 1. The topological polar surface area (TPSA) is 58.1 Å². The fourth-order valence-electron chi connectivity index (χ4n) is 2.70. The highest BCUT2D eigenvalue weighted by atomic mass is 32.1. The maximum Gasteiger partial charge on any atom is 0.225 e. The lowest BCUT2D eigenvalue weighted by Crippen LogP contribution is -2.48. The number of carbonyl (C=O) groups is 1. The summed E-state index contributed by atoms with van der Waals surface area (Å²) in [4.78, 5) is 19.2. The third-order valence-corrected chi connectivity index (χ3v) is 4.73. The molecule has 1 N–H and O–H groups in total. The third-order valence-electron chi connectivity index (χ3n) is 3.93. The molecule has 6 heteroatoms. The second-order valence-electron chi connectivity index (χ2n) is 7.23. The van der Waals surface area contributed by atoms with E-state index < -0.39 is 0 Å². The van der Waals surface area contributed by atoms with Crippen LogP contribution in [-0.2, 0) is 4.79 Å². The summed E-state index contributed by atoms with van der Waals surface area (Å²) in [7, 11) is 0. The van der Waals surface area contributed by atoms with Crippen LogP contribution in [0.3, 0.4) is 0 Å². The van der Waals surface area contributed by atoms with E-state index >= 15 is 0 Å². The minimum absolute atomic E-state index is 0.0613. The Hall–Kier alpha value is -1.17. The monoisotopic (exact) mass is 308 g/mol. The molecule has 0 spiro atoms. The molecule has 2 heterocycles. The first-order valence-corrected chi connectivity index (χ1v) is 8.60. The van der Waals surface area contributed by atoms with Gasteiger partial charge in [0.05, 0.1) is 5.92 Å². The van der Waals surface area contributed by atoms with Crippen molar-refractivity contribution < 1.29 is 4.79 Å². The standard InChI is InChI=1S/C15H24N4OS/c1-15(2,3)17-13(20)11-5-4-8-19(9-11)14-16-12(18-21-14)10-6-7-10/h10-11H,4-9H2,1-3H3,(H,17,20). The largest absolute Gasteiger partial charge is 0.351 e. The van der Waals surface area contributed by atoms with Crippen LogP contribution in [0, 0.1) is 5.92 Å². The normalized spacial score (nSPS) is 23.2. The van der Waals surface area contributed by atoms with Crippen molar-refractivity contribution in [2.75, 3.05) is 18.0 Å². The summed E-state index contributed by atoms with van der Waals surface area (Å²) in [6.07, 6.45) is 4.47. The van der Waals surface area contributed by atoms with Gasteiger partial charge in [0, 0.05) is 36.1 Å². The predicted octanol–water partition coefficient (Wildman–Crippen LogP) is 2.55. The molecule has 1 aromatic rings. The van der Waals surface area contributed by atoms with Crippen LogP contribution in [0.2, 0.25) is 0 Å². The van der Waals surface area contributed by atoms with Crippen LogP contribution in [0.25, 0.3) is 0 Å². The van der Waals surface area contributed by atoms with Gasteiger partial charge in [-0.25, -0.2) is 4.98 Å². The second kappa shape index (κ2) is 5.55. The Kier molecular flexibility index (Phi) is 3.90. The first-order valence-electron chi connectivity index (χ1n) is 7.83. The number of nitrogens with one attached hydrogen (secondary N) is 1. The molecule has 1 unspecified atom stereocenters. The van der Waals surface area contributed by atoms with E-state index in [1.807, 2.05) is 20.8 Å². The van der Waals surface area contributed by atoms with Gasteiger partial charge in [-0.05, 0) is 46.5 Å². The van der Waals surface area contributed by atoms with Crippen molar-refractivity contribution in [3.05, 3.63) is 5.82 Å². The van der Waals surface area contributed by atoms with Crippen molar-refractivity contribution >= 4 is 22.6 Å². The van der Waals surface area contributed by atoms with Crippen LogP contribution in [0.5, 0.6) is 0 Å². The van der Waals surface area contributed by atoms with Crippen LogP contribution in [0.4, 0.5) is 5.13 Å². The van der Waals surface area contributed by atoms with E-state index in [0.29, 0.717) is 5.92 Å². The quantitative estimate of drug-likeness (QED) is 0.932. The van der Waals surface area contributed by atoms with E-state index in [2.05, 4.69) is 19.6 Å². The Morgan fingerprint density at radius 3 is 2.76 bits per heavy atom. The highest BCUT2D eigenvalue weighted by Crippen LogP contribution is 2.40. The Morgan fingerprint density at radius 1 is 1.33 bits per heavy atom. The van der Waals surface area contributed by atoms with Gasteiger partial charge in [-0.15, -0.1) is 0 Å². The molecule has 1 amide bonds. The summed E-state index contributed by atoms with van der Waals surface area (Å²) < 4.78 is 4.47. The molecule has 1 atom stereocenters. The van der Waals surface area contributed by atoms with Crippen molar-refractivity contribution in [1.82, 2.24) is 14.7 Å². The number of aromatic nitrogens is 2. The SMILES string of the molecule is CC(C)(C)NC(=O)C1CCCN(c2nc(C3CC3)ns2)C1. The fraction of sp³-hybridized carbons (Fsp3) is 0.800. The van der Waals surface area contributed by atoms with Gasteiger partial charge < -0.3 is 10.2 Å². The number of carbonyl (C=O) groups excluding carboxylic acids is 1. The Balaban J connectivity index is 1.63. The van der Waals surface area contributed by atoms with E-state index in [4.69, 9.17) is 0 Å². The molecule has 116 valence electrons. The molecule has 3 rings (SSSR count). The van der Waals surface area contributed by atoms with Gasteiger partial charge in [-0.1, -0.05) is 0 Å². The van der Waals surface area contributed by atoms with Crippen molar-refractivity contribution in [2.45, 2.75) is 57.9 Å². The fourth-order valence-corrected chi connectivity index (χ4v) is 3.48. The Labute approximate surface area is 130 Å². The van der Waals surface area contributed by atoms with E-state index in [9.17, 15) is 4.79 Å². The van der Waals surface area contributed by atoms with Crippen LogP contribution >= 0.6 is 11.5 Å². The first-order chi connectivity index (χ1) is 9.92. The summed E-state index contributed by atoms with van der Waals surface area (Å²) in [5.74, 6) is 1.83. The molecule has 1 aliphatic heterocycles. The highest BCUT2D eigenvalue weighted by Gasteiger charge is 2.32. The van der Waals surface area contributed by atoms with Crippen molar-refractivity contribution in [3.63, 3.8) is 0 Å². The molecule has 1 saturated heterocycles. The number of hydrogen-bond acceptors (Lipinski definition) is 5. The number of nitrogens with zero attached hydrogens (tertiary/aromatic N) is 3. The summed E-state index contributed by atoms with van der Waals surface area (Å²) >= 11 is 1.48. The van der Waals surface area contributed by atoms with Gasteiger partial charge in [0.2, 0.25) is 11.0 Å². The maximum absolute atomic E-state index is 12.3. The van der Waals surface area contributed by atoms with Gasteiger partial charge >= 0.3 is 0 Å². The molecule has 1 aromatic heterocycles. The summed E-state index contributed by atoms with van der Waals surface area (Å²) in [6.45, 7) is 7.83. The first kappa shape index (κ1) is 14.8. The number of anilines is 1. The van der Waals surface area contributed by atoms with E-state index in [1.165, 1.54) is 24.4 Å². The predicted molar refractivity (Wildman–Crippen MR) is 84.7 cm³/mol. The zero-order valence-corrected chi connectivity index (χ0v) is 13.9. The molecule has 2 aliphatic rings.